The van der Waals surface area contributed by atoms with Gasteiger partial charge in [0.05, 0.1) is 0 Å². The van der Waals surface area contributed by atoms with E-state index in [9.17, 15) is 0 Å². The Morgan fingerprint density at radius 3 is 0.162 bits per heavy atom. The van der Waals surface area contributed by atoms with E-state index < -0.39 is 0 Å². The van der Waals surface area contributed by atoms with Crippen LogP contribution in [0.1, 0.15) is 0 Å². The van der Waals surface area contributed by atoms with Crippen molar-refractivity contribution in [3.05, 3.63) is 13.8 Å². The number of rotatable bonds is 0. The minimum absolute atomic E-state index is 2.37. The van der Waals surface area contributed by atoms with Gasteiger partial charge < -0.3 is 0 Å². The minimum atomic E-state index is 2.37. The zero-order valence-corrected chi connectivity index (χ0v) is 34.4. The van der Waals surface area contributed by atoms with Gasteiger partial charge in [-0.1, -0.05) is 0 Å². The maximum Gasteiger partial charge on any atom is 0 e. The average molecular weight is 821 g/mol. The van der Waals surface area contributed by atoms with E-state index in [-0.39, 0.29) is 0 Å². The Balaban J connectivity index is 4.60. The molecular formula is C68H4-2. The summed E-state index contributed by atoms with van der Waals surface area (Å²) in [4.78, 5) is 0. The third kappa shape index (κ3) is 51.2. The Morgan fingerprint density at radius 1 is 0.0735 bits per heavy atom. The van der Waals surface area contributed by atoms with E-state index in [1.165, 1.54) is 0 Å². The Kier molecular flexibility index (Phi) is 40.9. The number of hydrogen-bond acceptors (Lipinski definition) is 0. The molecular weight excluding hydrogens is 817 g/mol. The fraction of sp³-hybridized carbons (Fsp3) is 0. The van der Waals surface area contributed by atoms with Gasteiger partial charge >= 0.3 is 0 Å². The largest absolute Gasteiger partial charge is 0.284 e. The predicted molar refractivity (Wildman–Crippen MR) is 267 cm³/mol. The van der Waals surface area contributed by atoms with Gasteiger partial charge in [0.2, 0.25) is 0 Å². The molecule has 0 saturated carbocycles. The second-order valence-corrected chi connectivity index (χ2v) is 8.35. The SMILES string of the molecule is [CH2-]C#CC#CC#CC#CC#CC#CC#CC#CC#CC#CC#CC#CC#CC#CC#CC#CC#CC#CC#CC#CC#CC#CC#CC#CC#CC#CC#CC#CC#CC#CC#CC#CC#C[CH2-]. The van der Waals surface area contributed by atoms with Gasteiger partial charge in [0, 0.05) is 260 Å². The molecule has 0 atom stereocenters. The van der Waals surface area contributed by atoms with Gasteiger partial charge in [-0.2, -0.15) is 13.8 Å². The Bertz CT molecular complexity index is 4110. The van der Waals surface area contributed by atoms with Crippen LogP contribution in [0, 0.1) is 405 Å². The van der Waals surface area contributed by atoms with Crippen molar-refractivity contribution in [2.24, 2.45) is 0 Å². The fourth-order valence-electron chi connectivity index (χ4n) is 2.03. The second kappa shape index (κ2) is 52.2. The van der Waals surface area contributed by atoms with E-state index in [2.05, 4.69) is 405 Å². The second-order valence-electron chi connectivity index (χ2n) is 8.35. The predicted octanol–water partition coefficient (Wildman–Crippen LogP) is 0.767. The molecule has 0 amide bonds. The van der Waals surface area contributed by atoms with Crippen LogP contribution in [-0.2, 0) is 0 Å². The molecule has 68 heavy (non-hydrogen) atoms. The van der Waals surface area contributed by atoms with E-state index in [0.29, 0.717) is 0 Å². The Labute approximate surface area is 402 Å². The molecule has 0 bridgehead atoms. The first-order chi connectivity index (χ1) is 33.9. The highest BCUT2D eigenvalue weighted by molar-refractivity contribution is 5.52. The van der Waals surface area contributed by atoms with Gasteiger partial charge in [0.1, 0.15) is 0 Å². The van der Waals surface area contributed by atoms with E-state index in [0.717, 1.165) is 0 Å². The van der Waals surface area contributed by atoms with Crippen molar-refractivity contribution in [2.45, 2.75) is 0 Å². The van der Waals surface area contributed by atoms with Crippen molar-refractivity contribution < 1.29 is 0 Å². The molecule has 0 heteroatoms. The van der Waals surface area contributed by atoms with Gasteiger partial charge in [0.25, 0.3) is 0 Å². The topological polar surface area (TPSA) is 0 Å². The zero-order valence-electron chi connectivity index (χ0n) is 34.4. The summed E-state index contributed by atoms with van der Waals surface area (Å²) in [5.41, 5.74) is 0. The Morgan fingerprint density at radius 2 is 0.118 bits per heavy atom. The van der Waals surface area contributed by atoms with Crippen molar-refractivity contribution in [1.29, 1.82) is 0 Å². The van der Waals surface area contributed by atoms with Crippen LogP contribution in [0.5, 0.6) is 0 Å². The molecule has 0 N–H and O–H groups in total. The number of hydrogen-bond donors (Lipinski definition) is 0. The molecule has 0 aliphatic rings. The molecule has 0 aliphatic carbocycles. The summed E-state index contributed by atoms with van der Waals surface area (Å²) in [5, 5.41) is 0. The van der Waals surface area contributed by atoms with Crippen LogP contribution in [0.4, 0.5) is 0 Å². The third-order valence-electron chi connectivity index (χ3n) is 4.11. The summed E-state index contributed by atoms with van der Waals surface area (Å²) < 4.78 is 0. The summed E-state index contributed by atoms with van der Waals surface area (Å²) in [6.45, 7) is 6.63. The summed E-state index contributed by atoms with van der Waals surface area (Å²) in [6, 6.07) is 0. The highest BCUT2D eigenvalue weighted by atomic mass is 13.6. The van der Waals surface area contributed by atoms with Crippen LogP contribution in [0.2, 0.25) is 0 Å². The molecule has 0 spiro atoms. The van der Waals surface area contributed by atoms with Crippen LogP contribution in [-0.4, -0.2) is 0 Å². The van der Waals surface area contributed by atoms with Crippen LogP contribution in [0.3, 0.4) is 0 Å². The third-order valence-corrected chi connectivity index (χ3v) is 4.11. The first kappa shape index (κ1) is 53.2. The molecule has 0 aliphatic heterocycles. The van der Waals surface area contributed by atoms with Crippen LogP contribution < -0.4 is 0 Å². The lowest BCUT2D eigenvalue weighted by Crippen LogP contribution is -1.57. The molecule has 0 saturated heterocycles. The molecule has 0 aromatic carbocycles. The van der Waals surface area contributed by atoms with Gasteiger partial charge in [-0.25, -0.2) is 11.8 Å². The van der Waals surface area contributed by atoms with E-state index in [1.54, 1.807) is 0 Å². The van der Waals surface area contributed by atoms with Crippen molar-refractivity contribution >= 4 is 0 Å². The van der Waals surface area contributed by atoms with E-state index in [4.69, 9.17) is 0 Å². The first-order valence-corrected chi connectivity index (χ1v) is 17.0. The molecule has 278 valence electrons. The maximum absolute atomic E-state index is 3.32. The molecule has 0 fully saturated rings. The molecule has 0 rings (SSSR count). The molecule has 0 unspecified atom stereocenters. The molecule has 0 aromatic rings. The average Bonchev–Trinajstić information content (AvgIpc) is 3.35. The quantitative estimate of drug-likeness (QED) is 0.251. The summed E-state index contributed by atoms with van der Waals surface area (Å²) >= 11 is 0. The Hall–Kier alpha value is -14.8. The minimum Gasteiger partial charge on any atom is -0.284 e. The normalized spacial score (nSPS) is 3.94. The van der Waals surface area contributed by atoms with Crippen molar-refractivity contribution in [3.8, 4) is 391 Å². The molecule has 0 heterocycles. The van der Waals surface area contributed by atoms with Crippen LogP contribution >= 0.6 is 0 Å². The standard InChI is InChI=1S/C68H4/c1-3-5-7-9-11-13-15-17-19-21-23-25-27-29-31-33-35-37-39-41-43-45-47-49-51-53-55-57-59-61-63-65-67-68-66-64-62-60-58-56-54-52-50-48-46-44-42-40-38-36-34-32-30-28-26-24-22-20-18-16-14-12-10-8-6-4-2/h1-2H2/q-2. The van der Waals surface area contributed by atoms with Crippen molar-refractivity contribution in [1.82, 2.24) is 0 Å². The highest BCUT2D eigenvalue weighted by Crippen LogP contribution is 1.64. The summed E-state index contributed by atoms with van der Waals surface area (Å²) in [6.07, 6.45) is 0. The van der Waals surface area contributed by atoms with Crippen LogP contribution in [0.15, 0.2) is 0 Å². The lowest BCUT2D eigenvalue weighted by atomic mass is 10.4. The smallest absolute Gasteiger partial charge is 0 e. The van der Waals surface area contributed by atoms with E-state index in [1.807, 2.05) is 0 Å². The lowest BCUT2D eigenvalue weighted by molar-refractivity contribution is 2.31. The fourth-order valence-corrected chi connectivity index (χ4v) is 2.03. The monoisotopic (exact) mass is 820 g/mol. The summed E-state index contributed by atoms with van der Waals surface area (Å²) in [5.74, 6) is 164. The lowest BCUT2D eigenvalue weighted by Gasteiger charge is -1.64. The van der Waals surface area contributed by atoms with Crippen LogP contribution in [0.25, 0.3) is 0 Å². The summed E-state index contributed by atoms with van der Waals surface area (Å²) in [7, 11) is 0. The van der Waals surface area contributed by atoms with Crippen molar-refractivity contribution in [2.75, 3.05) is 0 Å². The maximum atomic E-state index is 3.32. The molecule has 0 radical (unpaired) electrons. The van der Waals surface area contributed by atoms with Crippen molar-refractivity contribution in [3.63, 3.8) is 0 Å². The van der Waals surface area contributed by atoms with Gasteiger partial charge in [-0.05, 0) is 94.7 Å². The van der Waals surface area contributed by atoms with Gasteiger partial charge in [-0.3, -0.25) is 11.8 Å². The van der Waals surface area contributed by atoms with Gasteiger partial charge in [0.15, 0.2) is 0 Å². The zero-order chi connectivity index (χ0) is 48.7. The first-order valence-electron chi connectivity index (χ1n) is 17.0. The van der Waals surface area contributed by atoms with E-state index >= 15 is 0 Å². The molecule has 0 nitrogen and oxygen atoms in total. The molecule has 0 aromatic heterocycles. The highest BCUT2D eigenvalue weighted by Gasteiger charge is 1.63. The van der Waals surface area contributed by atoms with Gasteiger partial charge in [-0.15, -0.1) is 11.8 Å².